The number of unbranched alkanes of at least 4 members (excludes halogenated alkanes) is 1. The van der Waals surface area contributed by atoms with Crippen LogP contribution in [0.15, 0.2) is 42.5 Å². The summed E-state index contributed by atoms with van der Waals surface area (Å²) in [5.41, 5.74) is 1.67. The molecule has 0 aromatic heterocycles. The van der Waals surface area contributed by atoms with E-state index in [1.165, 1.54) is 28.8 Å². The molecule has 2 amide bonds. The highest BCUT2D eigenvalue weighted by Gasteiger charge is 2.26. The maximum atomic E-state index is 13.1. The van der Waals surface area contributed by atoms with Crippen molar-refractivity contribution in [1.82, 2.24) is 10.2 Å². The lowest BCUT2D eigenvalue weighted by molar-refractivity contribution is -0.384. The van der Waals surface area contributed by atoms with Crippen LogP contribution >= 0.6 is 35.0 Å². The lowest BCUT2D eigenvalue weighted by Gasteiger charge is -2.29. The summed E-state index contributed by atoms with van der Waals surface area (Å²) in [5.74, 6) is 0.273. The predicted molar refractivity (Wildman–Crippen MR) is 134 cm³/mol. The third kappa shape index (κ3) is 8.53. The number of nitro benzene ring substituents is 1. The van der Waals surface area contributed by atoms with Crippen LogP contribution in [0.4, 0.5) is 5.69 Å². The van der Waals surface area contributed by atoms with Crippen LogP contribution in [0, 0.1) is 10.1 Å². The van der Waals surface area contributed by atoms with Gasteiger partial charge in [-0.3, -0.25) is 19.7 Å². The molecule has 0 spiro atoms. The van der Waals surface area contributed by atoms with Crippen LogP contribution in [0.1, 0.15) is 37.8 Å². The van der Waals surface area contributed by atoms with Crippen molar-refractivity contribution in [3.8, 4) is 0 Å². The number of hydrogen-bond donors (Lipinski definition) is 1. The number of non-ortho nitro benzene ring substituents is 1. The quantitative estimate of drug-likeness (QED) is 0.231. The Hall–Kier alpha value is -2.29. The maximum Gasteiger partial charge on any atom is 0.269 e. The molecule has 0 unspecified atom stereocenters. The average Bonchev–Trinajstić information content (AvgIpc) is 2.79. The van der Waals surface area contributed by atoms with Crippen molar-refractivity contribution < 1.29 is 14.5 Å². The Morgan fingerprint density at radius 1 is 1.12 bits per heavy atom. The Labute approximate surface area is 208 Å². The third-order valence-corrected chi connectivity index (χ3v) is 6.70. The van der Waals surface area contributed by atoms with Gasteiger partial charge in [0.1, 0.15) is 6.04 Å². The Bertz CT molecular complexity index is 973. The third-order valence-electron chi connectivity index (χ3n) is 4.98. The molecule has 0 heterocycles. The Morgan fingerprint density at radius 2 is 1.79 bits per heavy atom. The van der Waals surface area contributed by atoms with Gasteiger partial charge in [-0.25, -0.2) is 0 Å². The largest absolute Gasteiger partial charge is 0.354 e. The molecule has 0 aliphatic heterocycles. The number of carbonyl (C=O) groups is 2. The molecule has 7 nitrogen and oxygen atoms in total. The normalized spacial score (nSPS) is 11.6. The number of nitro groups is 1. The van der Waals surface area contributed by atoms with Gasteiger partial charge in [0.05, 0.1) is 20.7 Å². The topological polar surface area (TPSA) is 92.6 Å². The van der Waals surface area contributed by atoms with E-state index in [9.17, 15) is 19.7 Å². The fourth-order valence-corrected chi connectivity index (χ4v) is 4.20. The Balaban J connectivity index is 2.06. The second-order valence-corrected chi connectivity index (χ2v) is 9.31. The lowest BCUT2D eigenvalue weighted by Crippen LogP contribution is -2.48. The van der Waals surface area contributed by atoms with Crippen LogP contribution in [0.2, 0.25) is 10.0 Å². The first-order valence-corrected chi connectivity index (χ1v) is 12.5. The molecule has 0 saturated carbocycles. The Morgan fingerprint density at radius 3 is 2.39 bits per heavy atom. The molecule has 0 saturated heterocycles. The summed E-state index contributed by atoms with van der Waals surface area (Å²) >= 11 is 13.5. The zero-order valence-corrected chi connectivity index (χ0v) is 20.9. The summed E-state index contributed by atoms with van der Waals surface area (Å²) in [6.45, 7) is 4.52. The molecule has 2 aromatic carbocycles. The first kappa shape index (κ1) is 27.0. The van der Waals surface area contributed by atoms with E-state index in [4.69, 9.17) is 23.2 Å². The van der Waals surface area contributed by atoms with Crippen LogP contribution in [-0.4, -0.2) is 40.0 Å². The smallest absolute Gasteiger partial charge is 0.269 e. The highest BCUT2D eigenvalue weighted by Crippen LogP contribution is 2.24. The standard InChI is InChI=1S/C23H27Cl2N3O4S/c1-3-4-11-26-23(30)16(2)27(13-18-7-10-20(24)21(25)12-18)22(29)15-33-14-17-5-8-19(9-6-17)28(31)32/h5-10,12,16H,3-4,11,13-15H2,1-2H3,(H,26,30)/t16-/m1/s1. The van der Waals surface area contributed by atoms with Crippen LogP contribution in [-0.2, 0) is 21.9 Å². The molecule has 0 aliphatic carbocycles. The second-order valence-electron chi connectivity index (χ2n) is 7.51. The maximum absolute atomic E-state index is 13.1. The number of nitrogens with zero attached hydrogens (tertiary/aromatic N) is 2. The van der Waals surface area contributed by atoms with E-state index in [-0.39, 0.29) is 29.8 Å². The number of halogens is 2. The molecule has 0 bridgehead atoms. The van der Waals surface area contributed by atoms with Gasteiger partial charge in [0.15, 0.2) is 0 Å². The van der Waals surface area contributed by atoms with Gasteiger partial charge < -0.3 is 10.2 Å². The number of nitrogens with one attached hydrogen (secondary N) is 1. The minimum atomic E-state index is -0.663. The van der Waals surface area contributed by atoms with Gasteiger partial charge in [-0.1, -0.05) is 54.7 Å². The number of carbonyl (C=O) groups excluding carboxylic acids is 2. The van der Waals surface area contributed by atoms with Crippen molar-refractivity contribution in [2.75, 3.05) is 12.3 Å². The summed E-state index contributed by atoms with van der Waals surface area (Å²) < 4.78 is 0. The molecule has 2 aromatic rings. The molecule has 0 fully saturated rings. The van der Waals surface area contributed by atoms with E-state index in [1.807, 2.05) is 6.92 Å². The molecule has 1 N–H and O–H groups in total. The summed E-state index contributed by atoms with van der Waals surface area (Å²) in [6.07, 6.45) is 1.82. The zero-order chi connectivity index (χ0) is 24.4. The van der Waals surface area contributed by atoms with Gasteiger partial charge in [-0.05, 0) is 36.6 Å². The van der Waals surface area contributed by atoms with E-state index in [1.54, 1.807) is 37.3 Å². The van der Waals surface area contributed by atoms with Gasteiger partial charge in [-0.2, -0.15) is 0 Å². The van der Waals surface area contributed by atoms with Crippen molar-refractivity contribution in [2.45, 2.75) is 45.0 Å². The van der Waals surface area contributed by atoms with Crippen LogP contribution in [0.25, 0.3) is 0 Å². The molecule has 178 valence electrons. The monoisotopic (exact) mass is 511 g/mol. The van der Waals surface area contributed by atoms with Crippen LogP contribution in [0.5, 0.6) is 0 Å². The number of rotatable bonds is 12. The molecular weight excluding hydrogens is 485 g/mol. The molecular formula is C23H27Cl2N3O4S. The first-order chi connectivity index (χ1) is 15.7. The van der Waals surface area contributed by atoms with Gasteiger partial charge in [0, 0.05) is 31.0 Å². The first-order valence-electron chi connectivity index (χ1n) is 10.5. The van der Waals surface area contributed by atoms with E-state index in [0.717, 1.165) is 24.0 Å². The fraction of sp³-hybridized carbons (Fsp3) is 0.391. The zero-order valence-electron chi connectivity index (χ0n) is 18.6. The number of hydrogen-bond acceptors (Lipinski definition) is 5. The minimum absolute atomic E-state index is 0.0236. The number of thioether (sulfide) groups is 1. The van der Waals surface area contributed by atoms with Crippen molar-refractivity contribution in [1.29, 1.82) is 0 Å². The molecule has 10 heteroatoms. The summed E-state index contributed by atoms with van der Waals surface area (Å²) in [4.78, 5) is 37.6. The van der Waals surface area contributed by atoms with Crippen molar-refractivity contribution in [2.24, 2.45) is 0 Å². The molecule has 1 atom stereocenters. The second kappa shape index (κ2) is 13.4. The molecule has 0 radical (unpaired) electrons. The van der Waals surface area contributed by atoms with Crippen molar-refractivity contribution in [3.05, 3.63) is 73.8 Å². The molecule has 2 rings (SSSR count). The highest BCUT2D eigenvalue weighted by molar-refractivity contribution is 7.99. The van der Waals surface area contributed by atoms with Crippen LogP contribution in [0.3, 0.4) is 0 Å². The highest BCUT2D eigenvalue weighted by atomic mass is 35.5. The van der Waals surface area contributed by atoms with Gasteiger partial charge in [0.2, 0.25) is 11.8 Å². The summed E-state index contributed by atoms with van der Waals surface area (Å²) in [6, 6.07) is 10.7. The summed E-state index contributed by atoms with van der Waals surface area (Å²) in [5, 5.41) is 14.5. The van der Waals surface area contributed by atoms with E-state index >= 15 is 0 Å². The SMILES string of the molecule is CCCCNC(=O)[C@@H](C)N(Cc1ccc(Cl)c(Cl)c1)C(=O)CSCc1ccc([N+](=O)[O-])cc1. The lowest BCUT2D eigenvalue weighted by atomic mass is 10.1. The Kier molecular flexibility index (Phi) is 11.0. The van der Waals surface area contributed by atoms with Gasteiger partial charge >= 0.3 is 0 Å². The van der Waals surface area contributed by atoms with E-state index < -0.39 is 11.0 Å². The molecule has 0 aliphatic rings. The van der Waals surface area contributed by atoms with Gasteiger partial charge in [0.25, 0.3) is 5.69 Å². The van der Waals surface area contributed by atoms with Crippen molar-refractivity contribution in [3.63, 3.8) is 0 Å². The van der Waals surface area contributed by atoms with Gasteiger partial charge in [-0.15, -0.1) is 11.8 Å². The fourth-order valence-electron chi connectivity index (χ4n) is 3.01. The number of benzene rings is 2. The molecule has 33 heavy (non-hydrogen) atoms. The van der Waals surface area contributed by atoms with E-state index in [0.29, 0.717) is 22.3 Å². The average molecular weight is 512 g/mol. The summed E-state index contributed by atoms with van der Waals surface area (Å²) in [7, 11) is 0. The van der Waals surface area contributed by atoms with Crippen LogP contribution < -0.4 is 5.32 Å². The minimum Gasteiger partial charge on any atom is -0.354 e. The van der Waals surface area contributed by atoms with Crippen molar-refractivity contribution >= 4 is 52.5 Å². The van der Waals surface area contributed by atoms with E-state index in [2.05, 4.69) is 5.32 Å². The number of amides is 2. The predicted octanol–water partition coefficient (Wildman–Crippen LogP) is 5.47.